The van der Waals surface area contributed by atoms with Gasteiger partial charge in [-0.05, 0) is 17.7 Å². The van der Waals surface area contributed by atoms with Crippen molar-refractivity contribution in [3.63, 3.8) is 0 Å². The van der Waals surface area contributed by atoms with E-state index < -0.39 is 0 Å². The molecular formula is C12H16O4. The normalized spacial score (nSPS) is 12.2. The zero-order valence-corrected chi connectivity index (χ0v) is 9.53. The molecule has 2 rings (SSSR count). The predicted octanol–water partition coefficient (Wildman–Crippen LogP) is 1.19. The number of aldehydes is 1. The van der Waals surface area contributed by atoms with Crippen molar-refractivity contribution in [3.8, 4) is 5.75 Å². The smallest absolute Gasteiger partial charge is 0.150 e. The molecule has 4 heteroatoms. The molecule has 88 valence electrons. The second-order valence-electron chi connectivity index (χ2n) is 3.44. The number of benzene rings is 1. The van der Waals surface area contributed by atoms with Gasteiger partial charge in [0.15, 0.2) is 0 Å². The standard InChI is InChI=1S/C10H10O3.C2H6O/c11-5-7-3-8(6-12)9-1-2-13-10(9)4-7;1-3-2/h3-5,12H,1-2,6H2;1-2H3. The van der Waals surface area contributed by atoms with E-state index in [1.807, 2.05) is 0 Å². The second-order valence-corrected chi connectivity index (χ2v) is 3.44. The van der Waals surface area contributed by atoms with Crippen LogP contribution in [0.15, 0.2) is 12.1 Å². The lowest BCUT2D eigenvalue weighted by atomic mass is 10.0. The molecule has 1 aromatic carbocycles. The molecule has 0 saturated carbocycles. The van der Waals surface area contributed by atoms with Gasteiger partial charge in [-0.25, -0.2) is 0 Å². The summed E-state index contributed by atoms with van der Waals surface area (Å²) in [7, 11) is 3.25. The SMILES string of the molecule is COC.O=Cc1cc(CO)c2c(c1)OCC2. The van der Waals surface area contributed by atoms with Gasteiger partial charge in [0, 0.05) is 31.8 Å². The zero-order chi connectivity index (χ0) is 12.0. The number of carbonyl (C=O) groups excluding carboxylic acids is 1. The number of fused-ring (bicyclic) bond motifs is 1. The maximum absolute atomic E-state index is 10.5. The Bertz CT molecular complexity index is 360. The van der Waals surface area contributed by atoms with Gasteiger partial charge in [-0.15, -0.1) is 0 Å². The molecule has 1 N–H and O–H groups in total. The molecule has 0 fully saturated rings. The van der Waals surface area contributed by atoms with Gasteiger partial charge >= 0.3 is 0 Å². The molecule has 1 heterocycles. The lowest BCUT2D eigenvalue weighted by Gasteiger charge is -2.04. The van der Waals surface area contributed by atoms with Gasteiger partial charge in [-0.2, -0.15) is 0 Å². The van der Waals surface area contributed by atoms with Crippen LogP contribution < -0.4 is 4.74 Å². The fourth-order valence-corrected chi connectivity index (χ4v) is 1.61. The number of hydrogen-bond acceptors (Lipinski definition) is 4. The number of carbonyl (C=O) groups is 1. The monoisotopic (exact) mass is 224 g/mol. The van der Waals surface area contributed by atoms with Crippen molar-refractivity contribution in [2.75, 3.05) is 20.8 Å². The Kier molecular flexibility index (Phi) is 4.95. The fraction of sp³-hybridized carbons (Fsp3) is 0.417. The van der Waals surface area contributed by atoms with Crippen molar-refractivity contribution >= 4 is 6.29 Å². The number of methoxy groups -OCH3 is 1. The summed E-state index contributed by atoms with van der Waals surface area (Å²) in [4.78, 5) is 10.5. The summed E-state index contributed by atoms with van der Waals surface area (Å²) in [6, 6.07) is 3.43. The molecule has 0 aromatic heterocycles. The fourth-order valence-electron chi connectivity index (χ4n) is 1.61. The largest absolute Gasteiger partial charge is 0.493 e. The Morgan fingerprint density at radius 3 is 2.75 bits per heavy atom. The first-order valence-electron chi connectivity index (χ1n) is 5.01. The van der Waals surface area contributed by atoms with E-state index in [0.717, 1.165) is 29.6 Å². The highest BCUT2D eigenvalue weighted by Crippen LogP contribution is 2.29. The van der Waals surface area contributed by atoms with Crippen LogP contribution in [0.1, 0.15) is 21.5 Å². The van der Waals surface area contributed by atoms with Crippen molar-refractivity contribution in [2.24, 2.45) is 0 Å². The van der Waals surface area contributed by atoms with E-state index in [1.165, 1.54) is 0 Å². The van der Waals surface area contributed by atoms with Crippen molar-refractivity contribution in [2.45, 2.75) is 13.0 Å². The summed E-state index contributed by atoms with van der Waals surface area (Å²) < 4.78 is 9.56. The van der Waals surface area contributed by atoms with Crippen LogP contribution in [0, 0.1) is 0 Å². The summed E-state index contributed by atoms with van der Waals surface area (Å²) >= 11 is 0. The van der Waals surface area contributed by atoms with Crippen molar-refractivity contribution < 1.29 is 19.4 Å². The summed E-state index contributed by atoms with van der Waals surface area (Å²) in [6.45, 7) is 0.609. The van der Waals surface area contributed by atoms with Gasteiger partial charge < -0.3 is 14.6 Å². The van der Waals surface area contributed by atoms with Gasteiger partial charge in [0.1, 0.15) is 12.0 Å². The Balaban J connectivity index is 0.000000386. The topological polar surface area (TPSA) is 55.8 Å². The van der Waals surface area contributed by atoms with Gasteiger partial charge in [-0.1, -0.05) is 0 Å². The number of rotatable bonds is 2. The summed E-state index contributed by atoms with van der Waals surface area (Å²) in [5.74, 6) is 0.744. The quantitative estimate of drug-likeness (QED) is 0.767. The molecular weight excluding hydrogens is 208 g/mol. The van der Waals surface area contributed by atoms with E-state index in [0.29, 0.717) is 12.2 Å². The molecule has 0 bridgehead atoms. The Labute approximate surface area is 94.8 Å². The van der Waals surface area contributed by atoms with Crippen molar-refractivity contribution in [3.05, 3.63) is 28.8 Å². The highest BCUT2D eigenvalue weighted by Gasteiger charge is 2.16. The van der Waals surface area contributed by atoms with Crippen LogP contribution >= 0.6 is 0 Å². The molecule has 1 aromatic rings. The average Bonchev–Trinajstić information content (AvgIpc) is 2.76. The molecule has 0 saturated heterocycles. The van der Waals surface area contributed by atoms with Crippen LogP contribution in [-0.4, -0.2) is 32.2 Å². The van der Waals surface area contributed by atoms with Crippen LogP contribution in [0.25, 0.3) is 0 Å². The molecule has 16 heavy (non-hydrogen) atoms. The number of aliphatic hydroxyl groups is 1. The molecule has 0 amide bonds. The highest BCUT2D eigenvalue weighted by atomic mass is 16.5. The van der Waals surface area contributed by atoms with Gasteiger partial charge in [-0.3, -0.25) is 4.79 Å². The molecule has 0 radical (unpaired) electrons. The summed E-state index contributed by atoms with van der Waals surface area (Å²) in [5, 5.41) is 9.05. The van der Waals surface area contributed by atoms with E-state index >= 15 is 0 Å². The number of ether oxygens (including phenoxy) is 2. The second kappa shape index (κ2) is 6.25. The van der Waals surface area contributed by atoms with Gasteiger partial charge in [0.25, 0.3) is 0 Å². The third-order valence-electron chi connectivity index (χ3n) is 2.24. The van der Waals surface area contributed by atoms with Crippen LogP contribution in [0.2, 0.25) is 0 Å². The molecule has 0 aliphatic carbocycles. The van der Waals surface area contributed by atoms with E-state index in [9.17, 15) is 4.79 Å². The van der Waals surface area contributed by atoms with E-state index in [2.05, 4.69) is 4.74 Å². The Hall–Kier alpha value is -1.39. The van der Waals surface area contributed by atoms with E-state index in [-0.39, 0.29) is 6.61 Å². The van der Waals surface area contributed by atoms with E-state index in [1.54, 1.807) is 26.4 Å². The van der Waals surface area contributed by atoms with Crippen LogP contribution in [0.5, 0.6) is 5.75 Å². The van der Waals surface area contributed by atoms with Crippen molar-refractivity contribution in [1.29, 1.82) is 0 Å². The summed E-state index contributed by atoms with van der Waals surface area (Å²) in [5.41, 5.74) is 2.40. The average molecular weight is 224 g/mol. The molecule has 4 nitrogen and oxygen atoms in total. The van der Waals surface area contributed by atoms with Gasteiger partial charge in [0.2, 0.25) is 0 Å². The maximum Gasteiger partial charge on any atom is 0.150 e. The molecule has 0 atom stereocenters. The molecule has 1 aliphatic heterocycles. The predicted molar refractivity (Wildman–Crippen MR) is 59.9 cm³/mol. The van der Waals surface area contributed by atoms with Gasteiger partial charge in [0.05, 0.1) is 13.2 Å². The highest BCUT2D eigenvalue weighted by molar-refractivity contribution is 5.77. The number of hydrogen-bond donors (Lipinski definition) is 1. The minimum Gasteiger partial charge on any atom is -0.493 e. The minimum absolute atomic E-state index is 0.0344. The lowest BCUT2D eigenvalue weighted by molar-refractivity contribution is 0.112. The molecule has 0 spiro atoms. The Morgan fingerprint density at radius 2 is 2.19 bits per heavy atom. The zero-order valence-electron chi connectivity index (χ0n) is 9.53. The maximum atomic E-state index is 10.5. The first-order chi connectivity index (χ1) is 7.76. The van der Waals surface area contributed by atoms with E-state index in [4.69, 9.17) is 9.84 Å². The third-order valence-corrected chi connectivity index (χ3v) is 2.24. The molecule has 1 aliphatic rings. The van der Waals surface area contributed by atoms with Crippen LogP contribution in [0.3, 0.4) is 0 Å². The van der Waals surface area contributed by atoms with Crippen LogP contribution in [0.4, 0.5) is 0 Å². The lowest BCUT2D eigenvalue weighted by Crippen LogP contribution is -1.93. The molecule has 0 unspecified atom stereocenters. The first kappa shape index (κ1) is 12.7. The minimum atomic E-state index is -0.0344. The first-order valence-corrected chi connectivity index (χ1v) is 5.01. The number of aliphatic hydroxyl groups excluding tert-OH is 1. The Morgan fingerprint density at radius 1 is 1.50 bits per heavy atom. The third kappa shape index (κ3) is 2.81. The van der Waals surface area contributed by atoms with Crippen LogP contribution in [-0.2, 0) is 17.8 Å². The summed E-state index contributed by atoms with van der Waals surface area (Å²) in [6.07, 6.45) is 1.59. The van der Waals surface area contributed by atoms with Crippen molar-refractivity contribution in [1.82, 2.24) is 0 Å².